The van der Waals surface area contributed by atoms with Crippen LogP contribution in [0.1, 0.15) is 19.3 Å². The second kappa shape index (κ2) is 6.52. The molecule has 0 spiro atoms. The first kappa shape index (κ1) is 14.5. The van der Waals surface area contributed by atoms with Crippen LogP contribution >= 0.6 is 24.8 Å². The minimum atomic E-state index is 0. The smallest absolute Gasteiger partial charge is 0.108 e. The van der Waals surface area contributed by atoms with Crippen LogP contribution in [-0.2, 0) is 0 Å². The van der Waals surface area contributed by atoms with Gasteiger partial charge in [-0.3, -0.25) is 10.3 Å². The third-order valence-electron chi connectivity index (χ3n) is 2.13. The molecule has 74 valence electrons. The fourth-order valence-corrected chi connectivity index (χ4v) is 1.47. The zero-order valence-corrected chi connectivity index (χ0v) is 8.88. The van der Waals surface area contributed by atoms with Crippen molar-refractivity contribution in [2.75, 3.05) is 13.6 Å². The molecule has 0 aromatic heterocycles. The summed E-state index contributed by atoms with van der Waals surface area (Å²) in [6.07, 6.45) is 3.53. The van der Waals surface area contributed by atoms with Crippen molar-refractivity contribution >= 4 is 30.6 Å². The highest BCUT2D eigenvalue weighted by Gasteiger charge is 2.20. The molecule has 1 atom stereocenters. The number of nitrogens with two attached hydrogens (primary N) is 1. The molecule has 12 heavy (non-hydrogen) atoms. The van der Waals surface area contributed by atoms with E-state index in [0.29, 0.717) is 5.84 Å². The van der Waals surface area contributed by atoms with Gasteiger partial charge in [0.25, 0.3) is 0 Å². The van der Waals surface area contributed by atoms with E-state index in [-0.39, 0.29) is 30.9 Å². The van der Waals surface area contributed by atoms with E-state index in [4.69, 9.17) is 11.1 Å². The summed E-state index contributed by atoms with van der Waals surface area (Å²) in [6.45, 7) is 1.09. The highest BCUT2D eigenvalue weighted by atomic mass is 35.5. The second-order valence-corrected chi connectivity index (χ2v) is 2.95. The molecule has 1 aliphatic heterocycles. The zero-order valence-electron chi connectivity index (χ0n) is 7.25. The molecule has 1 heterocycles. The van der Waals surface area contributed by atoms with Gasteiger partial charge in [0.1, 0.15) is 5.84 Å². The van der Waals surface area contributed by atoms with Crippen molar-refractivity contribution in [2.24, 2.45) is 5.73 Å². The van der Waals surface area contributed by atoms with Gasteiger partial charge in [0.15, 0.2) is 0 Å². The summed E-state index contributed by atoms with van der Waals surface area (Å²) in [6, 6.07) is 0.216. The van der Waals surface area contributed by atoms with E-state index in [1.54, 1.807) is 0 Å². The van der Waals surface area contributed by atoms with E-state index < -0.39 is 0 Å². The minimum Gasteiger partial charge on any atom is -0.386 e. The van der Waals surface area contributed by atoms with Crippen LogP contribution in [0.5, 0.6) is 0 Å². The van der Waals surface area contributed by atoms with Crippen molar-refractivity contribution in [3.63, 3.8) is 0 Å². The first-order valence-corrected chi connectivity index (χ1v) is 3.76. The molecule has 1 fully saturated rings. The Hall–Kier alpha value is 0.01000. The number of likely N-dealkylation sites (tertiary alicyclic amines) is 1. The highest BCUT2D eigenvalue weighted by Crippen LogP contribution is 2.13. The topological polar surface area (TPSA) is 53.1 Å². The molecule has 0 aromatic carbocycles. The Bertz CT molecular complexity index is 141. The van der Waals surface area contributed by atoms with E-state index in [2.05, 4.69) is 4.90 Å². The fourth-order valence-electron chi connectivity index (χ4n) is 1.47. The van der Waals surface area contributed by atoms with Crippen molar-refractivity contribution < 1.29 is 0 Å². The minimum absolute atomic E-state index is 0. The van der Waals surface area contributed by atoms with Gasteiger partial charge >= 0.3 is 0 Å². The first-order chi connectivity index (χ1) is 4.72. The van der Waals surface area contributed by atoms with Gasteiger partial charge in [0.05, 0.1) is 6.04 Å². The van der Waals surface area contributed by atoms with E-state index in [9.17, 15) is 0 Å². The van der Waals surface area contributed by atoms with E-state index >= 15 is 0 Å². The van der Waals surface area contributed by atoms with E-state index in [0.717, 1.165) is 13.0 Å². The van der Waals surface area contributed by atoms with Crippen LogP contribution < -0.4 is 5.73 Å². The number of hydrogen-bond acceptors (Lipinski definition) is 2. The number of amidine groups is 1. The number of nitrogens with one attached hydrogen (secondary N) is 1. The number of hydrogen-bond donors (Lipinski definition) is 2. The average molecular weight is 214 g/mol. The van der Waals surface area contributed by atoms with Gasteiger partial charge in [0.2, 0.25) is 0 Å². The van der Waals surface area contributed by atoms with Crippen molar-refractivity contribution in [1.29, 1.82) is 5.41 Å². The molecule has 1 rings (SSSR count). The van der Waals surface area contributed by atoms with Crippen molar-refractivity contribution in [3.8, 4) is 0 Å². The monoisotopic (exact) mass is 213 g/mol. The third-order valence-corrected chi connectivity index (χ3v) is 2.13. The summed E-state index contributed by atoms with van der Waals surface area (Å²) in [5.74, 6) is 0.321. The number of halogens is 2. The quantitative estimate of drug-likeness (QED) is 0.509. The predicted octanol–water partition coefficient (Wildman–Crippen LogP) is 1.25. The summed E-state index contributed by atoms with van der Waals surface area (Å²) in [5.41, 5.74) is 5.40. The number of piperidine rings is 1. The first-order valence-electron chi connectivity index (χ1n) is 3.76. The molecular formula is C7H17Cl2N3. The summed E-state index contributed by atoms with van der Waals surface area (Å²) >= 11 is 0. The van der Waals surface area contributed by atoms with E-state index in [1.165, 1.54) is 12.8 Å². The summed E-state index contributed by atoms with van der Waals surface area (Å²) in [4.78, 5) is 2.16. The highest BCUT2D eigenvalue weighted by molar-refractivity contribution is 5.85. The second-order valence-electron chi connectivity index (χ2n) is 2.95. The summed E-state index contributed by atoms with van der Waals surface area (Å²) < 4.78 is 0. The molecule has 3 nitrogen and oxygen atoms in total. The molecule has 1 unspecified atom stereocenters. The lowest BCUT2D eigenvalue weighted by Gasteiger charge is -2.31. The Labute approximate surface area is 86.0 Å². The molecular weight excluding hydrogens is 197 g/mol. The van der Waals surface area contributed by atoms with Crippen molar-refractivity contribution in [3.05, 3.63) is 0 Å². The predicted molar refractivity (Wildman–Crippen MR) is 56.7 cm³/mol. The number of rotatable bonds is 1. The molecule has 5 heteroatoms. The van der Waals surface area contributed by atoms with Crippen LogP contribution in [0.15, 0.2) is 0 Å². The largest absolute Gasteiger partial charge is 0.386 e. The molecule has 0 aliphatic carbocycles. The van der Waals surface area contributed by atoms with Crippen LogP contribution in [0, 0.1) is 5.41 Å². The SMILES string of the molecule is CN1CCCCC1C(=N)N.Cl.Cl. The molecule has 0 radical (unpaired) electrons. The lowest BCUT2D eigenvalue weighted by molar-refractivity contribution is 0.234. The van der Waals surface area contributed by atoms with Crippen LogP contribution in [-0.4, -0.2) is 30.4 Å². The standard InChI is InChI=1S/C7H15N3.2ClH/c1-10-5-3-2-4-6(10)7(8)9;;/h6H,2-5H2,1H3,(H3,8,9);2*1H. The van der Waals surface area contributed by atoms with Gasteiger partial charge < -0.3 is 5.73 Å². The lowest BCUT2D eigenvalue weighted by Crippen LogP contribution is -2.44. The van der Waals surface area contributed by atoms with Crippen LogP contribution in [0.3, 0.4) is 0 Å². The maximum atomic E-state index is 7.26. The third kappa shape index (κ3) is 3.61. The normalized spacial score (nSPS) is 23.6. The summed E-state index contributed by atoms with van der Waals surface area (Å²) in [5, 5.41) is 7.26. The fraction of sp³-hybridized carbons (Fsp3) is 0.857. The molecule has 0 aromatic rings. The van der Waals surface area contributed by atoms with Gasteiger partial charge in [-0.05, 0) is 26.4 Å². The van der Waals surface area contributed by atoms with Crippen LogP contribution in [0.4, 0.5) is 0 Å². The molecule has 1 aliphatic rings. The lowest BCUT2D eigenvalue weighted by atomic mass is 10.0. The van der Waals surface area contributed by atoms with Crippen molar-refractivity contribution in [1.82, 2.24) is 4.90 Å². The van der Waals surface area contributed by atoms with Crippen LogP contribution in [0.2, 0.25) is 0 Å². The Kier molecular flexibility index (Phi) is 7.89. The molecule has 3 N–H and O–H groups in total. The Balaban J connectivity index is 0. The van der Waals surface area contributed by atoms with Gasteiger partial charge in [0, 0.05) is 0 Å². The average Bonchev–Trinajstić information content (AvgIpc) is 1.88. The number of likely N-dealkylation sites (N-methyl/N-ethyl adjacent to an activating group) is 1. The maximum Gasteiger partial charge on any atom is 0.108 e. The number of nitrogens with zero attached hydrogens (tertiary/aromatic N) is 1. The summed E-state index contributed by atoms with van der Waals surface area (Å²) in [7, 11) is 2.03. The molecule has 0 saturated carbocycles. The molecule has 0 amide bonds. The Morgan fingerprint density at radius 3 is 2.33 bits per heavy atom. The van der Waals surface area contributed by atoms with Crippen LogP contribution in [0.25, 0.3) is 0 Å². The molecule has 0 bridgehead atoms. The zero-order chi connectivity index (χ0) is 7.56. The van der Waals surface area contributed by atoms with Gasteiger partial charge in [-0.2, -0.15) is 0 Å². The van der Waals surface area contributed by atoms with Gasteiger partial charge in [-0.1, -0.05) is 6.42 Å². The van der Waals surface area contributed by atoms with Crippen molar-refractivity contribution in [2.45, 2.75) is 25.3 Å². The van der Waals surface area contributed by atoms with E-state index in [1.807, 2.05) is 7.05 Å². The Morgan fingerprint density at radius 2 is 2.00 bits per heavy atom. The molecule has 1 saturated heterocycles. The van der Waals surface area contributed by atoms with Gasteiger partial charge in [-0.25, -0.2) is 0 Å². The Morgan fingerprint density at radius 1 is 1.42 bits per heavy atom. The van der Waals surface area contributed by atoms with Gasteiger partial charge in [-0.15, -0.1) is 24.8 Å². The maximum absolute atomic E-state index is 7.26.